The van der Waals surface area contributed by atoms with Gasteiger partial charge in [0.1, 0.15) is 18.1 Å². The van der Waals surface area contributed by atoms with Crippen LogP contribution in [0.2, 0.25) is 0 Å². The van der Waals surface area contributed by atoms with Crippen molar-refractivity contribution in [2.75, 3.05) is 18.7 Å². The fraction of sp³-hybridized carbons (Fsp3) is 0.190. The number of halogens is 1. The van der Waals surface area contributed by atoms with Gasteiger partial charge in [0.2, 0.25) is 24.4 Å². The Morgan fingerprint density at radius 3 is 2.75 bits per heavy atom. The Bertz CT molecular complexity index is 1220. The largest absolute Gasteiger partial charge is 0.454 e. The molecule has 0 spiro atoms. The molecule has 2 aliphatic heterocycles. The third-order valence-corrected chi connectivity index (χ3v) is 4.83. The highest BCUT2D eigenvalue weighted by atomic mass is 19.1. The molecule has 3 aromatic rings. The Labute approximate surface area is 180 Å². The Kier molecular flexibility index (Phi) is 4.98. The summed E-state index contributed by atoms with van der Waals surface area (Å²) < 4.78 is 29.0. The number of amides is 2. The van der Waals surface area contributed by atoms with Crippen molar-refractivity contribution in [2.24, 2.45) is 5.10 Å². The fourth-order valence-electron chi connectivity index (χ4n) is 3.24. The van der Waals surface area contributed by atoms with Gasteiger partial charge in [-0.1, -0.05) is 5.16 Å². The lowest BCUT2D eigenvalue weighted by atomic mass is 10.1. The van der Waals surface area contributed by atoms with Crippen LogP contribution in [0.25, 0.3) is 11.4 Å². The molecule has 2 aliphatic rings. The Hall–Kier alpha value is -4.28. The smallest absolute Gasteiger partial charge is 0.274 e. The molecule has 1 aromatic heterocycles. The second kappa shape index (κ2) is 8.10. The first-order chi connectivity index (χ1) is 15.5. The molecule has 2 amide bonds. The molecular formula is C21H16FN5O5. The minimum atomic E-state index is -0.471. The number of aromatic nitrogens is 2. The minimum Gasteiger partial charge on any atom is -0.454 e. The molecule has 3 heterocycles. The van der Waals surface area contributed by atoms with Crippen LogP contribution in [0.4, 0.5) is 10.1 Å². The number of ether oxygens (including phenoxy) is 2. The van der Waals surface area contributed by atoms with E-state index in [9.17, 15) is 14.0 Å². The van der Waals surface area contributed by atoms with Crippen LogP contribution in [-0.4, -0.2) is 46.0 Å². The quantitative estimate of drug-likeness (QED) is 0.652. The molecule has 162 valence electrons. The van der Waals surface area contributed by atoms with Crippen molar-refractivity contribution in [3.05, 3.63) is 54.2 Å². The van der Waals surface area contributed by atoms with Crippen LogP contribution in [0, 0.1) is 5.82 Å². The number of benzene rings is 2. The van der Waals surface area contributed by atoms with Crippen LogP contribution in [0.5, 0.6) is 11.5 Å². The Morgan fingerprint density at radius 1 is 1.09 bits per heavy atom. The van der Waals surface area contributed by atoms with Gasteiger partial charge >= 0.3 is 0 Å². The summed E-state index contributed by atoms with van der Waals surface area (Å²) in [7, 11) is 0. The lowest BCUT2D eigenvalue weighted by molar-refractivity contribution is -0.135. The average Bonchev–Trinajstić information content (AvgIpc) is 3.46. The van der Waals surface area contributed by atoms with Crippen molar-refractivity contribution in [2.45, 2.75) is 12.8 Å². The zero-order chi connectivity index (χ0) is 22.1. The second-order valence-corrected chi connectivity index (χ2v) is 7.04. The van der Waals surface area contributed by atoms with Gasteiger partial charge in [-0.2, -0.15) is 10.1 Å². The highest BCUT2D eigenvalue weighted by Gasteiger charge is 2.27. The van der Waals surface area contributed by atoms with E-state index in [4.69, 9.17) is 14.0 Å². The predicted molar refractivity (Wildman–Crippen MR) is 108 cm³/mol. The highest BCUT2D eigenvalue weighted by Crippen LogP contribution is 2.35. The summed E-state index contributed by atoms with van der Waals surface area (Å²) in [5, 5.41) is 11.9. The summed E-state index contributed by atoms with van der Waals surface area (Å²) in [4.78, 5) is 28.9. The molecule has 0 atom stereocenters. The van der Waals surface area contributed by atoms with Crippen molar-refractivity contribution < 1.29 is 28.0 Å². The van der Waals surface area contributed by atoms with E-state index in [1.807, 2.05) is 0 Å². The molecule has 10 nitrogen and oxygen atoms in total. The molecule has 1 N–H and O–H groups in total. The topological polar surface area (TPSA) is 119 Å². The summed E-state index contributed by atoms with van der Waals surface area (Å²) >= 11 is 0. The molecule has 0 saturated carbocycles. The SMILES string of the molecule is O=C(CN1N=C(c2nc(-c3ccc4c(c3)OCO4)no2)CCC1=O)Nc1ccc(F)cc1. The second-order valence-electron chi connectivity index (χ2n) is 7.04. The molecule has 2 aromatic carbocycles. The first-order valence-electron chi connectivity index (χ1n) is 9.72. The number of rotatable bonds is 5. The lowest BCUT2D eigenvalue weighted by Gasteiger charge is -2.21. The first-order valence-corrected chi connectivity index (χ1v) is 9.72. The number of anilines is 1. The van der Waals surface area contributed by atoms with Gasteiger partial charge in [0, 0.05) is 24.1 Å². The van der Waals surface area contributed by atoms with E-state index in [2.05, 4.69) is 20.6 Å². The van der Waals surface area contributed by atoms with Gasteiger partial charge < -0.3 is 19.3 Å². The van der Waals surface area contributed by atoms with Crippen molar-refractivity contribution in [1.29, 1.82) is 0 Å². The molecular weight excluding hydrogens is 421 g/mol. The number of fused-ring (bicyclic) bond motifs is 1. The normalized spacial score (nSPS) is 15.0. The van der Waals surface area contributed by atoms with Gasteiger partial charge in [-0.25, -0.2) is 9.40 Å². The number of carbonyl (C=O) groups is 2. The van der Waals surface area contributed by atoms with Gasteiger partial charge in [-0.05, 0) is 42.5 Å². The van der Waals surface area contributed by atoms with E-state index in [0.29, 0.717) is 40.7 Å². The van der Waals surface area contributed by atoms with Crippen molar-refractivity contribution in [3.8, 4) is 22.9 Å². The van der Waals surface area contributed by atoms with Crippen LogP contribution in [0.15, 0.2) is 52.1 Å². The van der Waals surface area contributed by atoms with Crippen molar-refractivity contribution >= 4 is 23.2 Å². The maximum atomic E-state index is 13.0. The summed E-state index contributed by atoms with van der Waals surface area (Å²) in [5.41, 5.74) is 1.49. The minimum absolute atomic E-state index is 0.143. The van der Waals surface area contributed by atoms with Crippen LogP contribution in [0.1, 0.15) is 18.7 Å². The summed E-state index contributed by atoms with van der Waals surface area (Å²) in [6.45, 7) is -0.144. The van der Waals surface area contributed by atoms with Crippen LogP contribution >= 0.6 is 0 Å². The van der Waals surface area contributed by atoms with Crippen LogP contribution in [-0.2, 0) is 9.59 Å². The van der Waals surface area contributed by atoms with Gasteiger partial charge in [0.15, 0.2) is 11.5 Å². The molecule has 5 rings (SSSR count). The van der Waals surface area contributed by atoms with Gasteiger partial charge in [0.05, 0.1) is 0 Å². The molecule has 32 heavy (non-hydrogen) atoms. The van der Waals surface area contributed by atoms with Crippen LogP contribution in [0.3, 0.4) is 0 Å². The number of hydrazone groups is 1. The molecule has 11 heteroatoms. The summed E-state index contributed by atoms with van der Waals surface area (Å²) in [5.74, 6) is 0.533. The zero-order valence-corrected chi connectivity index (χ0v) is 16.6. The molecule has 0 unspecified atom stereocenters. The summed E-state index contributed by atoms with van der Waals surface area (Å²) in [6, 6.07) is 10.6. The standard InChI is InChI=1S/C21H16FN5O5/c22-13-2-4-14(5-3-13)23-18(28)10-27-19(29)8-6-15(25-27)21-24-20(26-32-21)12-1-7-16-17(9-12)31-11-30-16/h1-5,7,9H,6,8,10-11H2,(H,23,28). The Balaban J connectivity index is 1.30. The van der Waals surface area contributed by atoms with Gasteiger partial charge in [-0.15, -0.1) is 0 Å². The first kappa shape index (κ1) is 19.7. The maximum Gasteiger partial charge on any atom is 0.274 e. The molecule has 0 aliphatic carbocycles. The van der Waals surface area contributed by atoms with E-state index < -0.39 is 11.7 Å². The fourth-order valence-corrected chi connectivity index (χ4v) is 3.24. The summed E-state index contributed by atoms with van der Waals surface area (Å²) in [6.07, 6.45) is 0.447. The molecule has 0 fully saturated rings. The van der Waals surface area contributed by atoms with Crippen molar-refractivity contribution in [3.63, 3.8) is 0 Å². The van der Waals surface area contributed by atoms with E-state index in [0.717, 1.165) is 5.01 Å². The lowest BCUT2D eigenvalue weighted by Crippen LogP contribution is -2.38. The molecule has 0 radical (unpaired) electrons. The number of carbonyl (C=O) groups excluding carboxylic acids is 2. The zero-order valence-electron chi connectivity index (χ0n) is 16.6. The van der Waals surface area contributed by atoms with E-state index in [-0.39, 0.29) is 31.6 Å². The maximum absolute atomic E-state index is 13.0. The van der Waals surface area contributed by atoms with E-state index in [1.165, 1.54) is 24.3 Å². The Morgan fingerprint density at radius 2 is 1.91 bits per heavy atom. The number of hydrogen-bond donors (Lipinski definition) is 1. The highest BCUT2D eigenvalue weighted by molar-refractivity contribution is 6.02. The van der Waals surface area contributed by atoms with Gasteiger partial charge in [-0.3, -0.25) is 9.59 Å². The van der Waals surface area contributed by atoms with Crippen LogP contribution < -0.4 is 14.8 Å². The predicted octanol–water partition coefficient (Wildman–Crippen LogP) is 2.57. The third-order valence-electron chi connectivity index (χ3n) is 4.83. The van der Waals surface area contributed by atoms with E-state index in [1.54, 1.807) is 18.2 Å². The number of nitrogens with zero attached hydrogens (tertiary/aromatic N) is 4. The monoisotopic (exact) mass is 437 g/mol. The van der Waals surface area contributed by atoms with Crippen molar-refractivity contribution in [1.82, 2.24) is 15.1 Å². The van der Waals surface area contributed by atoms with E-state index >= 15 is 0 Å². The number of nitrogens with one attached hydrogen (secondary N) is 1. The third kappa shape index (κ3) is 4.00. The molecule has 0 bridgehead atoms. The molecule has 0 saturated heterocycles. The van der Waals surface area contributed by atoms with Gasteiger partial charge in [0.25, 0.3) is 5.89 Å². The number of hydrogen-bond acceptors (Lipinski definition) is 8. The average molecular weight is 437 g/mol.